The highest BCUT2D eigenvalue weighted by molar-refractivity contribution is 6.22. The average Bonchev–Trinajstić information content (AvgIpc) is 2.86. The van der Waals surface area contributed by atoms with E-state index in [4.69, 9.17) is 0 Å². The quantitative estimate of drug-likeness (QED) is 0.815. The van der Waals surface area contributed by atoms with Gasteiger partial charge in [0.25, 0.3) is 11.8 Å². The van der Waals surface area contributed by atoms with E-state index in [1.165, 1.54) is 4.90 Å². The first kappa shape index (κ1) is 18.6. The number of imide groups is 1. The van der Waals surface area contributed by atoms with E-state index in [1.54, 1.807) is 18.2 Å². The highest BCUT2D eigenvalue weighted by Crippen LogP contribution is 2.30. The molecule has 0 bridgehead atoms. The lowest BCUT2D eigenvalue weighted by atomic mass is 10.1. The normalized spacial score (nSPS) is 13.5. The minimum absolute atomic E-state index is 0.304. The first-order valence-corrected chi connectivity index (χ1v) is 8.89. The third kappa shape index (κ3) is 4.00. The van der Waals surface area contributed by atoms with Crippen molar-refractivity contribution >= 4 is 23.5 Å². The van der Waals surface area contributed by atoms with Crippen LogP contribution in [0.25, 0.3) is 0 Å². The smallest absolute Gasteiger partial charge is 0.319 e. The fourth-order valence-electron chi connectivity index (χ4n) is 3.07. The van der Waals surface area contributed by atoms with Crippen LogP contribution in [0.1, 0.15) is 47.1 Å². The van der Waals surface area contributed by atoms with E-state index < -0.39 is 5.54 Å². The van der Waals surface area contributed by atoms with Crippen molar-refractivity contribution in [3.05, 3.63) is 65.2 Å². The van der Waals surface area contributed by atoms with Crippen molar-refractivity contribution in [2.75, 3.05) is 11.9 Å². The predicted molar refractivity (Wildman–Crippen MR) is 104 cm³/mol. The van der Waals surface area contributed by atoms with Crippen LogP contribution in [-0.2, 0) is 6.42 Å². The van der Waals surface area contributed by atoms with Gasteiger partial charge in [0.05, 0.1) is 11.1 Å². The van der Waals surface area contributed by atoms with Crippen molar-refractivity contribution in [3.8, 4) is 0 Å². The van der Waals surface area contributed by atoms with Gasteiger partial charge in [0.15, 0.2) is 0 Å². The molecule has 140 valence electrons. The Morgan fingerprint density at radius 2 is 1.63 bits per heavy atom. The molecule has 6 nitrogen and oxygen atoms in total. The largest absolute Gasteiger partial charge is 0.338 e. The summed E-state index contributed by atoms with van der Waals surface area (Å²) >= 11 is 0. The summed E-state index contributed by atoms with van der Waals surface area (Å²) in [7, 11) is 0. The summed E-state index contributed by atoms with van der Waals surface area (Å²) in [5.74, 6) is -0.642. The molecule has 0 atom stereocenters. The summed E-state index contributed by atoms with van der Waals surface area (Å²) in [6.07, 6.45) is 0.728. The molecule has 0 aromatic heterocycles. The SMILES string of the molecule is CC(C)(C)N1C(=O)c2ccc(NC(=O)NCCc3ccccc3)cc2C1=O. The molecule has 27 heavy (non-hydrogen) atoms. The van der Waals surface area contributed by atoms with Crippen molar-refractivity contribution < 1.29 is 14.4 Å². The van der Waals surface area contributed by atoms with Crippen LogP contribution in [-0.4, -0.2) is 34.8 Å². The minimum atomic E-state index is -0.602. The van der Waals surface area contributed by atoms with Gasteiger partial charge in [-0.3, -0.25) is 14.5 Å². The van der Waals surface area contributed by atoms with Gasteiger partial charge in [-0.2, -0.15) is 0 Å². The summed E-state index contributed by atoms with van der Waals surface area (Å²) in [5.41, 5.74) is 1.70. The number of amides is 4. The molecule has 6 heteroatoms. The van der Waals surface area contributed by atoms with Gasteiger partial charge < -0.3 is 10.6 Å². The fraction of sp³-hybridized carbons (Fsp3) is 0.286. The standard InChI is InChI=1S/C21H23N3O3/c1-21(2,3)24-18(25)16-10-9-15(13-17(16)19(24)26)23-20(27)22-12-11-14-7-5-4-6-8-14/h4-10,13H,11-12H2,1-3H3,(H2,22,23,27). The Bertz CT molecular complexity index is 885. The molecular formula is C21H23N3O3. The number of rotatable bonds is 4. The Hall–Kier alpha value is -3.15. The maximum absolute atomic E-state index is 12.6. The molecule has 2 N–H and O–H groups in total. The van der Waals surface area contributed by atoms with E-state index >= 15 is 0 Å². The van der Waals surface area contributed by atoms with Crippen LogP contribution in [0.5, 0.6) is 0 Å². The van der Waals surface area contributed by atoms with Crippen molar-refractivity contribution in [3.63, 3.8) is 0 Å². The van der Waals surface area contributed by atoms with Gasteiger partial charge in [0, 0.05) is 17.8 Å². The maximum atomic E-state index is 12.6. The third-order valence-corrected chi connectivity index (χ3v) is 4.36. The second-order valence-corrected chi connectivity index (χ2v) is 7.49. The molecular weight excluding hydrogens is 342 g/mol. The number of nitrogens with one attached hydrogen (secondary N) is 2. The van der Waals surface area contributed by atoms with Crippen molar-refractivity contribution in [2.24, 2.45) is 0 Å². The second-order valence-electron chi connectivity index (χ2n) is 7.49. The number of urea groups is 1. The summed E-state index contributed by atoms with van der Waals surface area (Å²) < 4.78 is 0. The fourth-order valence-corrected chi connectivity index (χ4v) is 3.07. The van der Waals surface area contributed by atoms with Crippen molar-refractivity contribution in [2.45, 2.75) is 32.7 Å². The molecule has 0 fully saturated rings. The topological polar surface area (TPSA) is 78.5 Å². The minimum Gasteiger partial charge on any atom is -0.338 e. The molecule has 2 aromatic rings. The first-order chi connectivity index (χ1) is 12.8. The zero-order chi connectivity index (χ0) is 19.6. The zero-order valence-corrected chi connectivity index (χ0v) is 15.7. The second kappa shape index (κ2) is 7.23. The van der Waals surface area contributed by atoms with Crippen molar-refractivity contribution in [1.29, 1.82) is 0 Å². The van der Waals surface area contributed by atoms with Crippen LogP contribution in [0, 0.1) is 0 Å². The number of hydrogen-bond acceptors (Lipinski definition) is 3. The van der Waals surface area contributed by atoms with Gasteiger partial charge in [0.1, 0.15) is 0 Å². The molecule has 1 aliphatic heterocycles. The molecule has 0 unspecified atom stereocenters. The lowest BCUT2D eigenvalue weighted by molar-refractivity contribution is 0.0507. The zero-order valence-electron chi connectivity index (χ0n) is 15.7. The van der Waals surface area contributed by atoms with Crippen LogP contribution >= 0.6 is 0 Å². The van der Waals surface area contributed by atoms with E-state index in [1.807, 2.05) is 51.1 Å². The van der Waals surface area contributed by atoms with Gasteiger partial charge in [-0.25, -0.2) is 4.79 Å². The van der Waals surface area contributed by atoms with E-state index in [-0.39, 0.29) is 17.8 Å². The Labute approximate surface area is 158 Å². The highest BCUT2D eigenvalue weighted by atomic mass is 16.2. The summed E-state index contributed by atoms with van der Waals surface area (Å²) in [6, 6.07) is 14.3. The number of benzene rings is 2. The lowest BCUT2D eigenvalue weighted by Crippen LogP contribution is -2.45. The molecule has 0 spiro atoms. The lowest BCUT2D eigenvalue weighted by Gasteiger charge is -2.29. The third-order valence-electron chi connectivity index (χ3n) is 4.36. The van der Waals surface area contributed by atoms with E-state index in [2.05, 4.69) is 10.6 Å². The van der Waals surface area contributed by atoms with Crippen LogP contribution < -0.4 is 10.6 Å². The van der Waals surface area contributed by atoms with Crippen molar-refractivity contribution in [1.82, 2.24) is 10.2 Å². The van der Waals surface area contributed by atoms with Crippen LogP contribution in [0.4, 0.5) is 10.5 Å². The number of fused-ring (bicyclic) bond motifs is 1. The Balaban J connectivity index is 1.63. The highest BCUT2D eigenvalue weighted by Gasteiger charge is 2.41. The van der Waals surface area contributed by atoms with Crippen LogP contribution in [0.3, 0.4) is 0 Å². The van der Waals surface area contributed by atoms with E-state index in [0.717, 1.165) is 12.0 Å². The summed E-state index contributed by atoms with van der Waals surface area (Å²) in [6.45, 7) is 5.94. The average molecular weight is 365 g/mol. The Morgan fingerprint density at radius 1 is 0.963 bits per heavy atom. The monoisotopic (exact) mass is 365 g/mol. The Morgan fingerprint density at radius 3 is 2.30 bits per heavy atom. The first-order valence-electron chi connectivity index (χ1n) is 8.89. The summed E-state index contributed by atoms with van der Waals surface area (Å²) in [4.78, 5) is 38.4. The molecule has 0 radical (unpaired) electrons. The van der Waals surface area contributed by atoms with Gasteiger partial charge >= 0.3 is 6.03 Å². The van der Waals surface area contributed by atoms with E-state index in [0.29, 0.717) is 23.4 Å². The molecule has 1 heterocycles. The Kier molecular flexibility index (Phi) is 4.99. The molecule has 0 aliphatic carbocycles. The van der Waals surface area contributed by atoms with Gasteiger partial charge in [0.2, 0.25) is 0 Å². The summed E-state index contributed by atoms with van der Waals surface area (Å²) in [5, 5.41) is 5.50. The molecule has 0 saturated carbocycles. The number of carbonyl (C=O) groups is 3. The van der Waals surface area contributed by atoms with Gasteiger partial charge in [-0.15, -0.1) is 0 Å². The predicted octanol–water partition coefficient (Wildman–Crippen LogP) is 3.45. The maximum Gasteiger partial charge on any atom is 0.319 e. The van der Waals surface area contributed by atoms with Crippen LogP contribution in [0.2, 0.25) is 0 Å². The molecule has 1 aliphatic rings. The molecule has 0 saturated heterocycles. The van der Waals surface area contributed by atoms with E-state index in [9.17, 15) is 14.4 Å². The van der Waals surface area contributed by atoms with Crippen LogP contribution in [0.15, 0.2) is 48.5 Å². The molecule has 4 amide bonds. The number of carbonyl (C=O) groups excluding carboxylic acids is 3. The molecule has 3 rings (SSSR count). The number of nitrogens with zero attached hydrogens (tertiary/aromatic N) is 1. The number of hydrogen-bond donors (Lipinski definition) is 2. The number of anilines is 1. The van der Waals surface area contributed by atoms with Gasteiger partial charge in [-0.05, 0) is 51.0 Å². The van der Waals surface area contributed by atoms with Gasteiger partial charge in [-0.1, -0.05) is 30.3 Å². The molecule has 2 aromatic carbocycles.